The molecule has 4 rings (SSSR count). The van der Waals surface area contributed by atoms with E-state index < -0.39 is 5.63 Å². The molecule has 0 saturated heterocycles. The van der Waals surface area contributed by atoms with E-state index in [1.807, 2.05) is 6.07 Å². The molecular weight excluding hydrogens is 368 g/mol. The molecule has 3 unspecified atom stereocenters. The predicted octanol–water partition coefficient (Wildman–Crippen LogP) is 3.26. The summed E-state index contributed by atoms with van der Waals surface area (Å²) in [4.78, 5) is 24.6. The number of rotatable bonds is 3. The second-order valence-electron chi connectivity index (χ2n) is 7.06. The van der Waals surface area contributed by atoms with Crippen LogP contribution in [0.2, 0.25) is 0 Å². The summed E-state index contributed by atoms with van der Waals surface area (Å²) in [7, 11) is 0. The van der Waals surface area contributed by atoms with E-state index >= 15 is 0 Å². The molecule has 2 aliphatic carbocycles. The molecule has 2 aliphatic rings. The Balaban J connectivity index is 1.84. The van der Waals surface area contributed by atoms with Crippen molar-refractivity contribution in [2.75, 3.05) is 6.61 Å². The molecule has 0 amide bonds. The number of hydrogen-bond acceptors (Lipinski definition) is 6. The lowest BCUT2D eigenvalue weighted by Gasteiger charge is -2.09. The molecular formula is C23H16N2O4. The van der Waals surface area contributed by atoms with E-state index in [0.29, 0.717) is 24.0 Å². The van der Waals surface area contributed by atoms with Crippen LogP contribution in [-0.4, -0.2) is 12.6 Å². The van der Waals surface area contributed by atoms with Crippen molar-refractivity contribution in [3.8, 4) is 24.0 Å². The average Bonchev–Trinajstić information content (AvgIpc) is 3.41. The van der Waals surface area contributed by atoms with E-state index in [1.165, 1.54) is 6.08 Å². The molecule has 0 spiro atoms. The molecule has 1 aromatic carbocycles. The van der Waals surface area contributed by atoms with Gasteiger partial charge in [0.05, 0.1) is 18.1 Å². The zero-order valence-corrected chi connectivity index (χ0v) is 15.7. The predicted molar refractivity (Wildman–Crippen MR) is 104 cm³/mol. The Hall–Kier alpha value is -3.82. The molecule has 29 heavy (non-hydrogen) atoms. The SMILES string of the molecule is CCOC(=O)C1C2CCC#Cc3cc4oc(=O)c(C=C(C#N)C#N)cc4cc3C21. The maximum atomic E-state index is 12.4. The third kappa shape index (κ3) is 3.28. The average molecular weight is 384 g/mol. The number of esters is 1. The van der Waals surface area contributed by atoms with Gasteiger partial charge in [-0.15, -0.1) is 0 Å². The Morgan fingerprint density at radius 2 is 2.14 bits per heavy atom. The normalized spacial score (nSPS) is 21.0. The minimum atomic E-state index is -0.632. The van der Waals surface area contributed by atoms with Gasteiger partial charge in [-0.05, 0) is 49.1 Å². The van der Waals surface area contributed by atoms with Crippen molar-refractivity contribution in [2.45, 2.75) is 25.7 Å². The number of nitrogens with zero attached hydrogens (tertiary/aromatic N) is 2. The molecule has 1 aromatic heterocycles. The van der Waals surface area contributed by atoms with Crippen LogP contribution in [0.3, 0.4) is 0 Å². The number of ether oxygens (including phenoxy) is 1. The second-order valence-corrected chi connectivity index (χ2v) is 7.06. The van der Waals surface area contributed by atoms with Gasteiger partial charge in [-0.25, -0.2) is 4.79 Å². The van der Waals surface area contributed by atoms with Gasteiger partial charge in [-0.1, -0.05) is 11.8 Å². The smallest absolute Gasteiger partial charge is 0.343 e. The third-order valence-electron chi connectivity index (χ3n) is 5.38. The van der Waals surface area contributed by atoms with Gasteiger partial charge in [0.2, 0.25) is 0 Å². The van der Waals surface area contributed by atoms with Gasteiger partial charge in [0.1, 0.15) is 23.3 Å². The third-order valence-corrected chi connectivity index (χ3v) is 5.38. The Bertz CT molecular complexity index is 1240. The van der Waals surface area contributed by atoms with Gasteiger partial charge in [0, 0.05) is 23.3 Å². The molecule has 0 N–H and O–H groups in total. The molecule has 1 fully saturated rings. The van der Waals surface area contributed by atoms with Crippen LogP contribution in [0.15, 0.2) is 33.0 Å². The van der Waals surface area contributed by atoms with Crippen LogP contribution in [0.5, 0.6) is 0 Å². The highest BCUT2D eigenvalue weighted by Gasteiger charge is 2.56. The lowest BCUT2D eigenvalue weighted by atomic mass is 9.96. The summed E-state index contributed by atoms with van der Waals surface area (Å²) in [5.74, 6) is 6.10. The number of allylic oxidation sites excluding steroid dienone is 1. The van der Waals surface area contributed by atoms with Crippen LogP contribution >= 0.6 is 0 Å². The van der Waals surface area contributed by atoms with Gasteiger partial charge in [-0.2, -0.15) is 10.5 Å². The van der Waals surface area contributed by atoms with Crippen molar-refractivity contribution < 1.29 is 13.9 Å². The van der Waals surface area contributed by atoms with Gasteiger partial charge in [0.15, 0.2) is 0 Å². The summed E-state index contributed by atoms with van der Waals surface area (Å²) in [6.45, 7) is 2.14. The number of carbonyl (C=O) groups excluding carboxylic acids is 1. The van der Waals surface area contributed by atoms with Crippen molar-refractivity contribution in [3.63, 3.8) is 0 Å². The summed E-state index contributed by atoms with van der Waals surface area (Å²) < 4.78 is 10.6. The number of benzene rings is 1. The minimum Gasteiger partial charge on any atom is -0.466 e. The van der Waals surface area contributed by atoms with Crippen LogP contribution in [0.25, 0.3) is 17.0 Å². The standard InChI is InChI=1S/C23H16N2O4/c1-2-28-23(27)21-17-6-4-3-5-14-10-19-15(9-18(14)20(17)21)8-16(22(26)29-19)7-13(11-24)12-25/h7-10,17,20-21H,2,4,6H2,1H3. The lowest BCUT2D eigenvalue weighted by Crippen LogP contribution is -2.08. The van der Waals surface area contributed by atoms with Gasteiger partial charge in [-0.3, -0.25) is 4.79 Å². The fourth-order valence-corrected chi connectivity index (χ4v) is 4.04. The molecule has 0 bridgehead atoms. The quantitative estimate of drug-likeness (QED) is 0.348. The first-order valence-corrected chi connectivity index (χ1v) is 9.36. The van der Waals surface area contributed by atoms with Crippen molar-refractivity contribution in [1.82, 2.24) is 0 Å². The molecule has 6 heteroatoms. The summed E-state index contributed by atoms with van der Waals surface area (Å²) in [6, 6.07) is 8.68. The van der Waals surface area contributed by atoms with Crippen molar-refractivity contribution in [1.29, 1.82) is 10.5 Å². The van der Waals surface area contributed by atoms with E-state index in [0.717, 1.165) is 17.5 Å². The highest BCUT2D eigenvalue weighted by molar-refractivity contribution is 5.84. The molecule has 2 aromatic rings. The number of fused-ring (bicyclic) bond motifs is 4. The Kier molecular flexibility index (Phi) is 4.67. The fourth-order valence-electron chi connectivity index (χ4n) is 4.04. The van der Waals surface area contributed by atoms with E-state index in [-0.39, 0.29) is 34.9 Å². The van der Waals surface area contributed by atoms with Crippen molar-refractivity contribution in [3.05, 3.63) is 50.9 Å². The van der Waals surface area contributed by atoms with E-state index in [4.69, 9.17) is 19.7 Å². The molecule has 1 heterocycles. The number of nitriles is 2. The van der Waals surface area contributed by atoms with E-state index in [9.17, 15) is 9.59 Å². The molecule has 3 atom stereocenters. The number of hydrogen-bond donors (Lipinski definition) is 0. The van der Waals surface area contributed by atoms with Gasteiger partial charge < -0.3 is 9.15 Å². The van der Waals surface area contributed by atoms with Crippen LogP contribution in [-0.2, 0) is 9.53 Å². The zero-order valence-electron chi connectivity index (χ0n) is 15.7. The molecule has 1 saturated carbocycles. The molecule has 142 valence electrons. The lowest BCUT2D eigenvalue weighted by molar-refractivity contribution is -0.145. The highest BCUT2D eigenvalue weighted by Crippen LogP contribution is 2.58. The van der Waals surface area contributed by atoms with Gasteiger partial charge >= 0.3 is 11.6 Å². The van der Waals surface area contributed by atoms with Crippen LogP contribution in [0.1, 0.15) is 42.4 Å². The second kappa shape index (κ2) is 7.30. The highest BCUT2D eigenvalue weighted by atomic mass is 16.5. The maximum Gasteiger partial charge on any atom is 0.343 e. The van der Waals surface area contributed by atoms with E-state index in [2.05, 4.69) is 11.8 Å². The maximum absolute atomic E-state index is 12.4. The van der Waals surface area contributed by atoms with Crippen LogP contribution in [0.4, 0.5) is 0 Å². The van der Waals surface area contributed by atoms with E-state index in [1.54, 1.807) is 31.2 Å². The van der Waals surface area contributed by atoms with Crippen molar-refractivity contribution in [2.24, 2.45) is 11.8 Å². The molecule has 6 nitrogen and oxygen atoms in total. The van der Waals surface area contributed by atoms with Crippen LogP contribution in [0, 0.1) is 46.3 Å². The number of carbonyl (C=O) groups is 1. The first-order valence-electron chi connectivity index (χ1n) is 9.36. The molecule has 0 radical (unpaired) electrons. The van der Waals surface area contributed by atoms with Crippen LogP contribution < -0.4 is 5.63 Å². The Morgan fingerprint density at radius 3 is 2.86 bits per heavy atom. The Labute approximate surface area is 167 Å². The monoisotopic (exact) mass is 384 g/mol. The summed E-state index contributed by atoms with van der Waals surface area (Å²) in [6.07, 6.45) is 2.75. The topological polar surface area (TPSA) is 104 Å². The summed E-state index contributed by atoms with van der Waals surface area (Å²) in [5.41, 5.74) is 1.38. The Morgan fingerprint density at radius 1 is 1.34 bits per heavy atom. The minimum absolute atomic E-state index is 0.0303. The van der Waals surface area contributed by atoms with Crippen molar-refractivity contribution >= 4 is 23.0 Å². The first-order chi connectivity index (χ1) is 14.1. The largest absolute Gasteiger partial charge is 0.466 e. The molecule has 0 aliphatic heterocycles. The van der Waals surface area contributed by atoms with Gasteiger partial charge in [0.25, 0.3) is 0 Å². The summed E-state index contributed by atoms with van der Waals surface area (Å²) >= 11 is 0. The zero-order chi connectivity index (χ0) is 20.5. The first kappa shape index (κ1) is 18.5. The fraction of sp³-hybridized carbons (Fsp3) is 0.304. The summed E-state index contributed by atoms with van der Waals surface area (Å²) in [5, 5.41) is 18.5.